The highest BCUT2D eigenvalue weighted by Gasteiger charge is 2.26. The van der Waals surface area contributed by atoms with Gasteiger partial charge in [0.25, 0.3) is 0 Å². The Bertz CT molecular complexity index is 727. The summed E-state index contributed by atoms with van der Waals surface area (Å²) in [6.45, 7) is 12.5. The maximum atomic E-state index is 12.1. The Kier molecular flexibility index (Phi) is 5.80. The van der Waals surface area contributed by atoms with Crippen molar-refractivity contribution in [2.24, 2.45) is 0 Å². The van der Waals surface area contributed by atoms with Gasteiger partial charge in [-0.05, 0) is 46.1 Å². The molecule has 3 heteroatoms. The Balaban J connectivity index is 2.22. The molecule has 0 unspecified atom stereocenters. The largest absolute Gasteiger partial charge is 0.507 e. The molecule has 0 radical (unpaired) electrons. The molecule has 0 heterocycles. The van der Waals surface area contributed by atoms with E-state index in [1.165, 1.54) is 0 Å². The van der Waals surface area contributed by atoms with Crippen LogP contribution in [-0.2, 0) is 22.0 Å². The maximum Gasteiger partial charge on any atom is 0.311 e. The summed E-state index contributed by atoms with van der Waals surface area (Å²) in [6, 6.07) is 13.1. The molecule has 1 N–H and O–H groups in total. The zero-order chi connectivity index (χ0) is 19.5. The Morgan fingerprint density at radius 2 is 1.42 bits per heavy atom. The smallest absolute Gasteiger partial charge is 0.311 e. The van der Waals surface area contributed by atoms with Crippen molar-refractivity contribution >= 4 is 5.97 Å². The van der Waals surface area contributed by atoms with Gasteiger partial charge in [0.05, 0.1) is 0 Å². The minimum Gasteiger partial charge on any atom is -0.507 e. The van der Waals surface area contributed by atoms with Gasteiger partial charge >= 0.3 is 5.97 Å². The first-order valence-electron chi connectivity index (χ1n) is 9.11. The van der Waals surface area contributed by atoms with Crippen LogP contribution in [0.3, 0.4) is 0 Å². The number of aromatic hydroxyl groups is 1. The summed E-state index contributed by atoms with van der Waals surface area (Å²) in [5.74, 6) is 0.675. The summed E-state index contributed by atoms with van der Waals surface area (Å²) in [5.41, 5.74) is 2.52. The fourth-order valence-electron chi connectivity index (χ4n) is 2.90. The normalized spacial score (nSPS) is 12.1. The van der Waals surface area contributed by atoms with Gasteiger partial charge in [-0.1, -0.05) is 71.9 Å². The third-order valence-electron chi connectivity index (χ3n) is 4.38. The van der Waals surface area contributed by atoms with Crippen LogP contribution in [0, 0.1) is 0 Å². The summed E-state index contributed by atoms with van der Waals surface area (Å²) in [6.07, 6.45) is 0.880. The second-order valence-corrected chi connectivity index (χ2v) is 8.83. The predicted octanol–water partition coefficient (Wildman–Crippen LogP) is 5.53. The third kappa shape index (κ3) is 5.10. The lowest BCUT2D eigenvalue weighted by atomic mass is 9.78. The van der Waals surface area contributed by atoms with Crippen LogP contribution in [0.5, 0.6) is 11.5 Å². The van der Waals surface area contributed by atoms with E-state index < -0.39 is 0 Å². The summed E-state index contributed by atoms with van der Waals surface area (Å²) in [4.78, 5) is 12.1. The summed E-state index contributed by atoms with van der Waals surface area (Å²) >= 11 is 0. The van der Waals surface area contributed by atoms with Crippen molar-refractivity contribution in [3.8, 4) is 11.5 Å². The van der Waals surface area contributed by atoms with Gasteiger partial charge in [0.15, 0.2) is 0 Å². The molecule has 2 aromatic rings. The van der Waals surface area contributed by atoms with E-state index in [0.29, 0.717) is 24.3 Å². The van der Waals surface area contributed by atoms with Crippen LogP contribution < -0.4 is 4.74 Å². The summed E-state index contributed by atoms with van der Waals surface area (Å²) in [7, 11) is 0. The molecule has 3 nitrogen and oxygen atoms in total. The van der Waals surface area contributed by atoms with Gasteiger partial charge in [-0.3, -0.25) is 4.79 Å². The van der Waals surface area contributed by atoms with E-state index in [4.69, 9.17) is 4.74 Å². The van der Waals surface area contributed by atoms with Crippen molar-refractivity contribution in [1.29, 1.82) is 0 Å². The highest BCUT2D eigenvalue weighted by atomic mass is 16.5. The van der Waals surface area contributed by atoms with Crippen molar-refractivity contribution in [2.75, 3.05) is 0 Å². The quantitative estimate of drug-likeness (QED) is 0.580. The van der Waals surface area contributed by atoms with Gasteiger partial charge in [-0.25, -0.2) is 0 Å². The number of benzene rings is 2. The average Bonchev–Trinajstić information content (AvgIpc) is 2.52. The Morgan fingerprint density at radius 1 is 0.923 bits per heavy atom. The van der Waals surface area contributed by atoms with E-state index >= 15 is 0 Å². The number of phenols is 1. The molecule has 0 fully saturated rings. The zero-order valence-electron chi connectivity index (χ0n) is 16.7. The lowest BCUT2D eigenvalue weighted by Crippen LogP contribution is -2.18. The van der Waals surface area contributed by atoms with Crippen LogP contribution in [0.25, 0.3) is 0 Å². The number of carbonyl (C=O) groups excluding carboxylic acids is 1. The highest BCUT2D eigenvalue weighted by molar-refractivity contribution is 5.72. The van der Waals surface area contributed by atoms with E-state index in [1.54, 1.807) is 12.1 Å². The van der Waals surface area contributed by atoms with Crippen LogP contribution in [0.4, 0.5) is 0 Å². The Labute approximate surface area is 157 Å². The molecule has 0 saturated carbocycles. The van der Waals surface area contributed by atoms with E-state index in [1.807, 2.05) is 30.3 Å². The van der Waals surface area contributed by atoms with Crippen molar-refractivity contribution < 1.29 is 14.6 Å². The molecular weight excluding hydrogens is 324 g/mol. The second-order valence-electron chi connectivity index (χ2n) is 8.83. The molecular formula is C23H30O3. The van der Waals surface area contributed by atoms with Gasteiger partial charge in [-0.15, -0.1) is 0 Å². The number of ether oxygens (including phenoxy) is 1. The standard InChI is InChI=1S/C23H30O3/c1-22(2,3)18-14-16(15-19(21(18)25)23(4,5)6)12-13-20(24)26-17-10-8-7-9-11-17/h7-11,14-15,25H,12-13H2,1-6H3. The molecule has 2 rings (SSSR count). The summed E-state index contributed by atoms with van der Waals surface area (Å²) < 4.78 is 5.37. The molecule has 26 heavy (non-hydrogen) atoms. The molecule has 0 amide bonds. The van der Waals surface area contributed by atoms with Gasteiger partial charge in [-0.2, -0.15) is 0 Å². The minimum absolute atomic E-state index is 0.176. The molecule has 0 bridgehead atoms. The first kappa shape index (κ1) is 20.0. The van der Waals surface area contributed by atoms with Crippen molar-refractivity contribution in [3.05, 3.63) is 59.2 Å². The van der Waals surface area contributed by atoms with Crippen LogP contribution >= 0.6 is 0 Å². The number of esters is 1. The van der Waals surface area contributed by atoms with Gasteiger partial charge < -0.3 is 9.84 Å². The molecule has 0 aliphatic heterocycles. The lowest BCUT2D eigenvalue weighted by Gasteiger charge is -2.28. The Morgan fingerprint density at radius 3 is 1.88 bits per heavy atom. The predicted molar refractivity (Wildman–Crippen MR) is 106 cm³/mol. The zero-order valence-corrected chi connectivity index (χ0v) is 16.7. The third-order valence-corrected chi connectivity index (χ3v) is 4.38. The number of hydrogen-bond acceptors (Lipinski definition) is 3. The maximum absolute atomic E-state index is 12.1. The average molecular weight is 354 g/mol. The monoisotopic (exact) mass is 354 g/mol. The van der Waals surface area contributed by atoms with Crippen LogP contribution in [0.15, 0.2) is 42.5 Å². The molecule has 0 aliphatic carbocycles. The van der Waals surface area contributed by atoms with E-state index in [2.05, 4.69) is 41.5 Å². The topological polar surface area (TPSA) is 46.5 Å². The van der Waals surface area contributed by atoms with Crippen LogP contribution in [0.2, 0.25) is 0 Å². The molecule has 2 aromatic carbocycles. The first-order chi connectivity index (χ1) is 12.0. The number of phenolic OH excluding ortho intramolecular Hbond substituents is 1. The summed E-state index contributed by atoms with van der Waals surface area (Å²) in [5, 5.41) is 10.8. The van der Waals surface area contributed by atoms with E-state index in [9.17, 15) is 9.90 Å². The van der Waals surface area contributed by atoms with Crippen molar-refractivity contribution in [3.63, 3.8) is 0 Å². The van der Waals surface area contributed by atoms with Crippen LogP contribution in [0.1, 0.15) is 64.7 Å². The number of rotatable bonds is 4. The SMILES string of the molecule is CC(C)(C)c1cc(CCC(=O)Oc2ccccc2)cc(C(C)(C)C)c1O. The van der Waals surface area contributed by atoms with E-state index in [-0.39, 0.29) is 16.8 Å². The van der Waals surface area contributed by atoms with Crippen LogP contribution in [-0.4, -0.2) is 11.1 Å². The number of hydrogen-bond donors (Lipinski definition) is 1. The molecule has 0 saturated heterocycles. The molecule has 0 atom stereocenters. The fourth-order valence-corrected chi connectivity index (χ4v) is 2.90. The number of para-hydroxylation sites is 1. The van der Waals surface area contributed by atoms with Gasteiger partial charge in [0, 0.05) is 6.42 Å². The molecule has 0 spiro atoms. The number of carbonyl (C=O) groups is 1. The van der Waals surface area contributed by atoms with Crippen molar-refractivity contribution in [1.82, 2.24) is 0 Å². The van der Waals surface area contributed by atoms with Crippen molar-refractivity contribution in [2.45, 2.75) is 65.2 Å². The number of aryl methyl sites for hydroxylation is 1. The minimum atomic E-state index is -0.251. The second kappa shape index (κ2) is 7.53. The molecule has 140 valence electrons. The van der Waals surface area contributed by atoms with Gasteiger partial charge in [0.1, 0.15) is 11.5 Å². The Hall–Kier alpha value is -2.29. The van der Waals surface area contributed by atoms with E-state index in [0.717, 1.165) is 16.7 Å². The highest BCUT2D eigenvalue weighted by Crippen LogP contribution is 2.40. The lowest BCUT2D eigenvalue weighted by molar-refractivity contribution is -0.134. The first-order valence-corrected chi connectivity index (χ1v) is 9.11. The fraction of sp³-hybridized carbons (Fsp3) is 0.435. The molecule has 0 aromatic heterocycles. The van der Waals surface area contributed by atoms with Gasteiger partial charge in [0.2, 0.25) is 0 Å². The molecule has 0 aliphatic rings.